The number of ether oxygens (including phenoxy) is 1. The molecule has 1 amide bonds. The highest BCUT2D eigenvalue weighted by Crippen LogP contribution is 2.32. The fraction of sp³-hybridized carbons (Fsp3) is 0.368. The van der Waals surface area contributed by atoms with Crippen LogP contribution in [0.15, 0.2) is 42.7 Å². The summed E-state index contributed by atoms with van der Waals surface area (Å²) in [7, 11) is -3.27. The number of nitrogens with zero attached hydrogens (tertiary/aromatic N) is 3. The minimum Gasteiger partial charge on any atom is -0.490 e. The van der Waals surface area contributed by atoms with Crippen LogP contribution in [0.2, 0.25) is 0 Å². The van der Waals surface area contributed by atoms with Crippen LogP contribution in [0, 0.1) is 0 Å². The van der Waals surface area contributed by atoms with E-state index in [2.05, 4.69) is 10.3 Å². The second kappa shape index (κ2) is 7.50. The Balaban J connectivity index is 1.60. The third-order valence-electron chi connectivity index (χ3n) is 5.06. The summed E-state index contributed by atoms with van der Waals surface area (Å²) in [6.45, 7) is 1.68. The number of sulfonamides is 1. The normalized spacial score (nSPS) is 21.3. The van der Waals surface area contributed by atoms with Crippen molar-refractivity contribution >= 4 is 21.6 Å². The highest BCUT2D eigenvalue weighted by molar-refractivity contribution is 7.88. The Kier molecular flexibility index (Phi) is 5.05. The lowest BCUT2D eigenvalue weighted by Gasteiger charge is -2.39. The van der Waals surface area contributed by atoms with E-state index in [1.807, 2.05) is 35.2 Å². The van der Waals surface area contributed by atoms with Crippen LogP contribution < -0.4 is 10.1 Å². The number of anilines is 1. The zero-order chi connectivity index (χ0) is 19.7. The monoisotopic (exact) mass is 402 g/mol. The second-order valence-electron chi connectivity index (χ2n) is 7.06. The van der Waals surface area contributed by atoms with Crippen LogP contribution in [0.1, 0.15) is 0 Å². The Hall–Kier alpha value is -2.49. The van der Waals surface area contributed by atoms with Gasteiger partial charge in [0.25, 0.3) is 0 Å². The number of rotatable bonds is 2. The minimum absolute atomic E-state index is 0.145. The maximum atomic E-state index is 12.6. The predicted octanol–water partition coefficient (Wildman–Crippen LogP) is 1.03. The fourth-order valence-electron chi connectivity index (χ4n) is 3.56. The summed E-state index contributed by atoms with van der Waals surface area (Å²) in [5, 5.41) is 2.93. The van der Waals surface area contributed by atoms with Crippen molar-refractivity contribution in [1.82, 2.24) is 14.2 Å². The summed E-state index contributed by atoms with van der Waals surface area (Å²) >= 11 is 0. The van der Waals surface area contributed by atoms with Gasteiger partial charge in [0.15, 0.2) is 0 Å². The van der Waals surface area contributed by atoms with Crippen LogP contribution in [0.4, 0.5) is 5.69 Å². The Morgan fingerprint density at radius 2 is 2.07 bits per heavy atom. The molecule has 0 bridgehead atoms. The van der Waals surface area contributed by atoms with Crippen LogP contribution in [0.3, 0.4) is 0 Å². The Labute approximate surface area is 164 Å². The van der Waals surface area contributed by atoms with Crippen LogP contribution in [0.5, 0.6) is 5.75 Å². The molecule has 3 heterocycles. The van der Waals surface area contributed by atoms with E-state index in [0.717, 1.165) is 11.1 Å². The number of carbonyl (C=O) groups is 1. The second-order valence-corrected chi connectivity index (χ2v) is 9.04. The van der Waals surface area contributed by atoms with E-state index < -0.39 is 10.0 Å². The molecule has 0 aliphatic carbocycles. The van der Waals surface area contributed by atoms with Gasteiger partial charge >= 0.3 is 0 Å². The number of piperazine rings is 1. The van der Waals surface area contributed by atoms with Gasteiger partial charge in [0.2, 0.25) is 15.9 Å². The molecule has 1 saturated heterocycles. The number of fused-ring (bicyclic) bond motifs is 2. The van der Waals surface area contributed by atoms with E-state index in [-0.39, 0.29) is 18.5 Å². The number of hydrogen-bond donors (Lipinski definition) is 1. The van der Waals surface area contributed by atoms with Crippen molar-refractivity contribution in [2.75, 3.05) is 44.4 Å². The van der Waals surface area contributed by atoms with E-state index in [0.29, 0.717) is 37.7 Å². The number of benzene rings is 1. The molecule has 9 heteroatoms. The number of carbonyl (C=O) groups excluding carboxylic acids is 1. The Morgan fingerprint density at radius 3 is 2.82 bits per heavy atom. The third kappa shape index (κ3) is 4.01. The lowest BCUT2D eigenvalue weighted by Crippen LogP contribution is -2.57. The SMILES string of the molecule is CS(=O)(=O)N1CCN2CC(=O)Nc3cc(-c4cccnc4)ccc3OC[C@@H]2C1. The Morgan fingerprint density at radius 1 is 1.21 bits per heavy atom. The number of nitrogens with one attached hydrogen (secondary N) is 1. The molecule has 0 spiro atoms. The molecular formula is C19H22N4O4S. The van der Waals surface area contributed by atoms with Gasteiger partial charge in [0, 0.05) is 37.6 Å². The fourth-order valence-corrected chi connectivity index (χ4v) is 4.41. The molecule has 28 heavy (non-hydrogen) atoms. The van der Waals surface area contributed by atoms with Gasteiger partial charge in [-0.3, -0.25) is 14.7 Å². The first-order valence-electron chi connectivity index (χ1n) is 9.06. The van der Waals surface area contributed by atoms with Gasteiger partial charge < -0.3 is 10.1 Å². The molecule has 0 radical (unpaired) electrons. The van der Waals surface area contributed by atoms with Crippen molar-refractivity contribution in [3.63, 3.8) is 0 Å². The van der Waals surface area contributed by atoms with Crippen LogP contribution in [-0.2, 0) is 14.8 Å². The lowest BCUT2D eigenvalue weighted by molar-refractivity contribution is -0.118. The summed E-state index contributed by atoms with van der Waals surface area (Å²) in [6.07, 6.45) is 4.68. The molecule has 1 N–H and O–H groups in total. The van der Waals surface area contributed by atoms with Gasteiger partial charge in [0.1, 0.15) is 12.4 Å². The highest BCUT2D eigenvalue weighted by Gasteiger charge is 2.33. The van der Waals surface area contributed by atoms with Crippen molar-refractivity contribution in [2.24, 2.45) is 0 Å². The lowest BCUT2D eigenvalue weighted by atomic mass is 10.1. The van der Waals surface area contributed by atoms with Crippen LogP contribution >= 0.6 is 0 Å². The average molecular weight is 402 g/mol. The molecule has 0 unspecified atom stereocenters. The maximum Gasteiger partial charge on any atom is 0.238 e. The van der Waals surface area contributed by atoms with Gasteiger partial charge in [-0.15, -0.1) is 0 Å². The zero-order valence-electron chi connectivity index (χ0n) is 15.5. The Bertz CT molecular complexity index is 981. The molecule has 0 saturated carbocycles. The first-order valence-corrected chi connectivity index (χ1v) is 10.9. The molecule has 8 nitrogen and oxygen atoms in total. The number of aromatic nitrogens is 1. The summed E-state index contributed by atoms with van der Waals surface area (Å²) in [4.78, 5) is 18.7. The maximum absolute atomic E-state index is 12.6. The van der Waals surface area contributed by atoms with Crippen LogP contribution in [-0.4, -0.2) is 73.6 Å². The van der Waals surface area contributed by atoms with Gasteiger partial charge in [-0.05, 0) is 23.8 Å². The first-order chi connectivity index (χ1) is 13.4. The molecule has 2 aromatic rings. The van der Waals surface area contributed by atoms with Gasteiger partial charge in [0.05, 0.1) is 24.5 Å². The van der Waals surface area contributed by atoms with Crippen molar-refractivity contribution < 1.29 is 17.9 Å². The van der Waals surface area contributed by atoms with Crippen molar-refractivity contribution in [1.29, 1.82) is 0 Å². The predicted molar refractivity (Wildman–Crippen MR) is 106 cm³/mol. The summed E-state index contributed by atoms with van der Waals surface area (Å²) in [5.74, 6) is 0.423. The van der Waals surface area contributed by atoms with E-state index in [4.69, 9.17) is 4.74 Å². The molecule has 2 aliphatic rings. The molecule has 1 aromatic heterocycles. The number of hydrogen-bond acceptors (Lipinski definition) is 6. The molecule has 148 valence electrons. The third-order valence-corrected chi connectivity index (χ3v) is 6.33. The van der Waals surface area contributed by atoms with Crippen LogP contribution in [0.25, 0.3) is 11.1 Å². The molecular weight excluding hydrogens is 380 g/mol. The van der Waals surface area contributed by atoms with E-state index in [1.165, 1.54) is 10.6 Å². The zero-order valence-corrected chi connectivity index (χ0v) is 16.4. The van der Waals surface area contributed by atoms with Crippen molar-refractivity contribution in [2.45, 2.75) is 6.04 Å². The topological polar surface area (TPSA) is 91.8 Å². The number of amides is 1. The molecule has 1 aromatic carbocycles. The molecule has 1 fully saturated rings. The molecule has 4 rings (SSSR count). The highest BCUT2D eigenvalue weighted by atomic mass is 32.2. The van der Waals surface area contributed by atoms with E-state index in [9.17, 15) is 13.2 Å². The summed E-state index contributed by atoms with van der Waals surface area (Å²) < 4.78 is 31.2. The van der Waals surface area contributed by atoms with E-state index in [1.54, 1.807) is 12.4 Å². The van der Waals surface area contributed by atoms with Gasteiger partial charge in [-0.25, -0.2) is 8.42 Å². The smallest absolute Gasteiger partial charge is 0.238 e. The first kappa shape index (κ1) is 18.9. The van der Waals surface area contributed by atoms with Gasteiger partial charge in [-0.1, -0.05) is 12.1 Å². The summed E-state index contributed by atoms with van der Waals surface area (Å²) in [6, 6.07) is 9.24. The molecule has 1 atom stereocenters. The number of pyridine rings is 1. The van der Waals surface area contributed by atoms with Crippen molar-refractivity contribution in [3.8, 4) is 16.9 Å². The largest absolute Gasteiger partial charge is 0.490 e. The molecule has 2 aliphatic heterocycles. The quantitative estimate of drug-likeness (QED) is 0.807. The van der Waals surface area contributed by atoms with E-state index >= 15 is 0 Å². The summed E-state index contributed by atoms with van der Waals surface area (Å²) in [5.41, 5.74) is 2.47. The average Bonchev–Trinajstić information content (AvgIpc) is 2.73. The standard InChI is InChI=1S/C19H22N4O4S/c1-28(25,26)23-8-7-22-12-19(24)21-17-9-14(15-3-2-6-20-10-15)4-5-18(17)27-13-16(22)11-23/h2-6,9-10,16H,7-8,11-13H2,1H3,(H,21,24)/t16-/m0/s1. The van der Waals surface area contributed by atoms with Crippen molar-refractivity contribution in [3.05, 3.63) is 42.7 Å². The van der Waals surface area contributed by atoms with Gasteiger partial charge in [-0.2, -0.15) is 4.31 Å². The minimum atomic E-state index is -3.27.